The molecular weight excluding hydrogens is 398 g/mol. The lowest BCUT2D eigenvalue weighted by Gasteiger charge is -2.35. The first-order valence-corrected chi connectivity index (χ1v) is 12.0. The van der Waals surface area contributed by atoms with Gasteiger partial charge in [-0.3, -0.25) is 4.79 Å². The summed E-state index contributed by atoms with van der Waals surface area (Å²) in [6, 6.07) is 12.2. The zero-order valence-electron chi connectivity index (χ0n) is 18.2. The third-order valence-corrected chi connectivity index (χ3v) is 7.89. The molecule has 30 heavy (non-hydrogen) atoms. The van der Waals surface area contributed by atoms with Crippen LogP contribution in [0, 0.1) is 13.8 Å². The lowest BCUT2D eigenvalue weighted by atomic mass is 10.1. The monoisotopic (exact) mass is 429 g/mol. The fourth-order valence-corrected chi connectivity index (χ4v) is 5.15. The van der Waals surface area contributed by atoms with E-state index in [1.165, 1.54) is 4.31 Å². The van der Waals surface area contributed by atoms with E-state index in [0.29, 0.717) is 25.9 Å². The number of carbonyl (C=O) groups excluding carboxylic acids is 1. The molecule has 0 bridgehead atoms. The Balaban J connectivity index is 1.65. The first-order chi connectivity index (χ1) is 14.2. The molecule has 0 aliphatic carbocycles. The molecule has 0 N–H and O–H groups in total. The van der Waals surface area contributed by atoms with Crippen LogP contribution in [0.2, 0.25) is 0 Å². The summed E-state index contributed by atoms with van der Waals surface area (Å²) >= 11 is 0. The lowest BCUT2D eigenvalue weighted by molar-refractivity contribution is -0.127. The van der Waals surface area contributed by atoms with E-state index in [0.717, 1.165) is 22.6 Å². The number of amides is 1. The summed E-state index contributed by atoms with van der Waals surface area (Å²) in [4.78, 5) is 14.5. The number of aryl methyl sites for hydroxylation is 1. The second-order valence-electron chi connectivity index (χ2n) is 7.80. The Morgan fingerprint density at radius 2 is 1.80 bits per heavy atom. The fourth-order valence-electron chi connectivity index (χ4n) is 4.08. The van der Waals surface area contributed by atoms with Gasteiger partial charge in [0.25, 0.3) is 0 Å². The standard InChI is InChI=1S/C23H31N3O3S/c1-5-30(28,29)24(4)21-13-15-25(16-14-21)23(27)12-11-20-17-18(2)26(19(20)3)22-9-7-6-8-10-22/h6-12,17,21H,5,13-16H2,1-4H3. The SMILES string of the molecule is CCS(=O)(=O)N(C)C1CCN(C(=O)C=Cc2cc(C)n(-c3ccccc3)c2C)CC1. The number of aromatic nitrogens is 1. The Hall–Kier alpha value is -2.38. The van der Waals surface area contributed by atoms with Gasteiger partial charge in [0.15, 0.2) is 0 Å². The third kappa shape index (κ3) is 4.68. The molecule has 0 spiro atoms. The average Bonchev–Trinajstić information content (AvgIpc) is 3.05. The van der Waals surface area contributed by atoms with Crippen molar-refractivity contribution in [1.82, 2.24) is 13.8 Å². The smallest absolute Gasteiger partial charge is 0.246 e. The molecule has 1 aromatic carbocycles. The molecule has 2 heterocycles. The molecule has 7 heteroatoms. The predicted octanol–water partition coefficient (Wildman–Crippen LogP) is 3.38. The number of para-hydroxylation sites is 1. The van der Waals surface area contributed by atoms with E-state index in [1.54, 1.807) is 24.9 Å². The maximum atomic E-state index is 12.7. The number of benzene rings is 1. The number of nitrogens with zero attached hydrogens (tertiary/aromatic N) is 3. The third-order valence-electron chi connectivity index (χ3n) is 5.98. The van der Waals surface area contributed by atoms with Crippen molar-refractivity contribution >= 4 is 22.0 Å². The number of sulfonamides is 1. The zero-order valence-corrected chi connectivity index (χ0v) is 19.0. The molecule has 1 fully saturated rings. The van der Waals surface area contributed by atoms with Crippen LogP contribution in [0.1, 0.15) is 36.7 Å². The van der Waals surface area contributed by atoms with Gasteiger partial charge in [0.2, 0.25) is 15.9 Å². The van der Waals surface area contributed by atoms with Crippen LogP contribution in [0.3, 0.4) is 0 Å². The summed E-state index contributed by atoms with van der Waals surface area (Å²) in [5.74, 6) is 0.0752. The molecule has 0 atom stereocenters. The van der Waals surface area contributed by atoms with E-state index in [-0.39, 0.29) is 17.7 Å². The Bertz CT molecular complexity index is 1020. The van der Waals surface area contributed by atoms with E-state index in [1.807, 2.05) is 24.3 Å². The lowest BCUT2D eigenvalue weighted by Crippen LogP contribution is -2.47. The Morgan fingerprint density at radius 3 is 2.40 bits per heavy atom. The second kappa shape index (κ2) is 9.18. The van der Waals surface area contributed by atoms with Gasteiger partial charge in [0.1, 0.15) is 0 Å². The number of carbonyl (C=O) groups is 1. The van der Waals surface area contributed by atoms with Crippen LogP contribution >= 0.6 is 0 Å². The first-order valence-electron chi connectivity index (χ1n) is 10.4. The van der Waals surface area contributed by atoms with Gasteiger partial charge >= 0.3 is 0 Å². The largest absolute Gasteiger partial charge is 0.339 e. The highest BCUT2D eigenvalue weighted by molar-refractivity contribution is 7.89. The maximum absolute atomic E-state index is 12.7. The van der Waals surface area contributed by atoms with Crippen molar-refractivity contribution in [3.63, 3.8) is 0 Å². The van der Waals surface area contributed by atoms with Gasteiger partial charge < -0.3 is 9.47 Å². The summed E-state index contributed by atoms with van der Waals surface area (Å²) in [6.45, 7) is 6.91. The topological polar surface area (TPSA) is 62.6 Å². The molecular formula is C23H31N3O3S. The number of hydrogen-bond acceptors (Lipinski definition) is 3. The van der Waals surface area contributed by atoms with Crippen molar-refractivity contribution in [2.75, 3.05) is 25.9 Å². The summed E-state index contributed by atoms with van der Waals surface area (Å²) in [5.41, 5.74) is 4.33. The molecule has 1 aliphatic rings. The molecule has 162 valence electrons. The molecule has 6 nitrogen and oxygen atoms in total. The minimum absolute atomic E-state index is 0.0287. The van der Waals surface area contributed by atoms with Crippen LogP contribution in [0.15, 0.2) is 42.5 Å². The van der Waals surface area contributed by atoms with Crippen molar-refractivity contribution in [2.24, 2.45) is 0 Å². The highest BCUT2D eigenvalue weighted by Gasteiger charge is 2.29. The van der Waals surface area contributed by atoms with Crippen LogP contribution in [0.5, 0.6) is 0 Å². The van der Waals surface area contributed by atoms with Crippen LogP contribution in [-0.2, 0) is 14.8 Å². The molecule has 1 saturated heterocycles. The van der Waals surface area contributed by atoms with Crippen LogP contribution in [-0.4, -0.2) is 60.0 Å². The maximum Gasteiger partial charge on any atom is 0.246 e. The van der Waals surface area contributed by atoms with E-state index >= 15 is 0 Å². The molecule has 0 unspecified atom stereocenters. The van der Waals surface area contributed by atoms with Crippen LogP contribution < -0.4 is 0 Å². The number of likely N-dealkylation sites (tertiary alicyclic amines) is 1. The second-order valence-corrected chi connectivity index (χ2v) is 10.1. The van der Waals surface area contributed by atoms with Crippen molar-refractivity contribution in [3.05, 3.63) is 59.4 Å². The van der Waals surface area contributed by atoms with Gasteiger partial charge in [-0.05, 0) is 63.5 Å². The molecule has 1 aromatic heterocycles. The number of piperidine rings is 1. The van der Waals surface area contributed by atoms with E-state index in [2.05, 4.69) is 36.6 Å². The summed E-state index contributed by atoms with van der Waals surface area (Å²) < 4.78 is 27.8. The van der Waals surface area contributed by atoms with Crippen LogP contribution in [0.4, 0.5) is 0 Å². The molecule has 1 aliphatic heterocycles. The Labute approximate surface area is 179 Å². The van der Waals surface area contributed by atoms with Gasteiger partial charge in [-0.25, -0.2) is 12.7 Å². The average molecular weight is 430 g/mol. The van der Waals surface area contributed by atoms with Crippen molar-refractivity contribution < 1.29 is 13.2 Å². The quantitative estimate of drug-likeness (QED) is 0.662. The van der Waals surface area contributed by atoms with Gasteiger partial charge in [-0.15, -0.1) is 0 Å². The van der Waals surface area contributed by atoms with E-state index < -0.39 is 10.0 Å². The van der Waals surface area contributed by atoms with Crippen molar-refractivity contribution in [1.29, 1.82) is 0 Å². The first kappa shape index (κ1) is 22.3. The molecule has 0 saturated carbocycles. The van der Waals surface area contributed by atoms with Gasteiger partial charge in [0, 0.05) is 49.3 Å². The van der Waals surface area contributed by atoms with Crippen molar-refractivity contribution in [3.8, 4) is 5.69 Å². The normalized spacial score (nSPS) is 16.0. The zero-order chi connectivity index (χ0) is 21.9. The highest BCUT2D eigenvalue weighted by Crippen LogP contribution is 2.22. The number of rotatable bonds is 6. The fraction of sp³-hybridized carbons (Fsp3) is 0.435. The van der Waals surface area contributed by atoms with E-state index in [4.69, 9.17) is 0 Å². The molecule has 3 rings (SSSR count). The number of hydrogen-bond donors (Lipinski definition) is 0. The van der Waals surface area contributed by atoms with Gasteiger partial charge in [-0.1, -0.05) is 18.2 Å². The van der Waals surface area contributed by atoms with Gasteiger partial charge in [-0.2, -0.15) is 0 Å². The summed E-state index contributed by atoms with van der Waals surface area (Å²) in [6.07, 6.45) is 4.84. The van der Waals surface area contributed by atoms with Crippen molar-refractivity contribution in [2.45, 2.75) is 39.7 Å². The summed E-state index contributed by atoms with van der Waals surface area (Å²) in [5, 5.41) is 0. The molecule has 2 aromatic rings. The Kier molecular flexibility index (Phi) is 6.83. The molecule has 0 radical (unpaired) electrons. The Morgan fingerprint density at radius 1 is 1.17 bits per heavy atom. The van der Waals surface area contributed by atoms with Crippen LogP contribution in [0.25, 0.3) is 11.8 Å². The van der Waals surface area contributed by atoms with Gasteiger partial charge in [0.05, 0.1) is 5.75 Å². The highest BCUT2D eigenvalue weighted by atomic mass is 32.2. The summed E-state index contributed by atoms with van der Waals surface area (Å²) in [7, 11) is -1.56. The minimum Gasteiger partial charge on any atom is -0.339 e. The molecule has 1 amide bonds. The van der Waals surface area contributed by atoms with E-state index in [9.17, 15) is 13.2 Å². The minimum atomic E-state index is -3.20. The predicted molar refractivity (Wildman–Crippen MR) is 121 cm³/mol.